The number of carbonyl (C=O) groups excluding carboxylic acids is 1. The zero-order valence-corrected chi connectivity index (χ0v) is 21.5. The highest BCUT2D eigenvalue weighted by molar-refractivity contribution is 7.15. The van der Waals surface area contributed by atoms with Crippen LogP contribution in [0, 0.1) is 5.92 Å². The number of rotatable bonds is 10. The molecule has 1 amide bonds. The van der Waals surface area contributed by atoms with E-state index < -0.39 is 12.7 Å². The first-order valence-electron chi connectivity index (χ1n) is 11.6. The summed E-state index contributed by atoms with van der Waals surface area (Å²) in [5.74, 6) is 0.247. The normalized spacial score (nSPS) is 13.9. The van der Waals surface area contributed by atoms with Crippen LogP contribution in [0.5, 0.6) is 11.5 Å². The molecule has 196 valence electrons. The van der Waals surface area contributed by atoms with Gasteiger partial charge in [0.15, 0.2) is 11.5 Å². The molecule has 2 aromatic heterocycles. The molecule has 5 rings (SSSR count). The number of fused-ring (bicyclic) bond motifs is 1. The molecule has 0 radical (unpaired) electrons. The van der Waals surface area contributed by atoms with E-state index >= 15 is 0 Å². The third-order valence-electron chi connectivity index (χ3n) is 5.86. The van der Waals surface area contributed by atoms with Gasteiger partial charge in [-0.3, -0.25) is 4.79 Å². The molecule has 4 aromatic rings. The quantitative estimate of drug-likeness (QED) is 0.240. The van der Waals surface area contributed by atoms with Crippen molar-refractivity contribution in [2.24, 2.45) is 11.7 Å². The first-order chi connectivity index (χ1) is 17.4. The number of nitrogens with zero attached hydrogens (tertiary/aromatic N) is 1. The van der Waals surface area contributed by atoms with Gasteiger partial charge in [-0.15, -0.1) is 23.7 Å². The highest BCUT2D eigenvalue weighted by atomic mass is 35.5. The second-order valence-corrected chi connectivity index (χ2v) is 9.79. The monoisotopic (exact) mass is 549 g/mol. The number of ether oxygens (including phenoxy) is 2. The van der Waals surface area contributed by atoms with E-state index in [0.717, 1.165) is 29.4 Å². The van der Waals surface area contributed by atoms with Gasteiger partial charge in [0.2, 0.25) is 0 Å². The summed E-state index contributed by atoms with van der Waals surface area (Å²) < 4.78 is 41.7. The molecule has 7 nitrogen and oxygen atoms in total. The maximum Gasteiger partial charge on any atom is 0.387 e. The summed E-state index contributed by atoms with van der Waals surface area (Å²) in [4.78, 5) is 18.3. The number of hydrogen-bond donors (Lipinski definition) is 2. The Hall–Kier alpha value is -3.21. The third-order valence-corrected chi connectivity index (χ3v) is 7.17. The van der Waals surface area contributed by atoms with Crippen LogP contribution in [0.4, 0.5) is 8.78 Å². The third kappa shape index (κ3) is 6.20. The van der Waals surface area contributed by atoms with Crippen molar-refractivity contribution >= 4 is 40.6 Å². The molecular weight excluding hydrogens is 524 g/mol. The Bertz CT molecular complexity index is 1390. The fourth-order valence-electron chi connectivity index (χ4n) is 3.79. The fourth-order valence-corrected chi connectivity index (χ4v) is 4.81. The number of halogens is 3. The number of alkyl halides is 2. The van der Waals surface area contributed by atoms with Crippen molar-refractivity contribution < 1.29 is 27.5 Å². The van der Waals surface area contributed by atoms with Crippen molar-refractivity contribution in [2.75, 3.05) is 6.61 Å². The van der Waals surface area contributed by atoms with Crippen molar-refractivity contribution in [3.63, 3.8) is 0 Å². The van der Waals surface area contributed by atoms with Crippen molar-refractivity contribution in [3.8, 4) is 22.1 Å². The number of aromatic nitrogens is 1. The van der Waals surface area contributed by atoms with Crippen molar-refractivity contribution in [3.05, 3.63) is 64.9 Å². The van der Waals surface area contributed by atoms with Crippen LogP contribution in [0.25, 0.3) is 21.5 Å². The average molecular weight is 550 g/mol. The van der Waals surface area contributed by atoms with Crippen LogP contribution in [-0.4, -0.2) is 24.1 Å². The Morgan fingerprint density at radius 3 is 2.76 bits per heavy atom. The maximum atomic E-state index is 13.1. The second-order valence-electron chi connectivity index (χ2n) is 8.75. The first kappa shape index (κ1) is 26.8. The number of hydrogen-bond acceptors (Lipinski definition) is 7. The Morgan fingerprint density at radius 2 is 2.03 bits per heavy atom. The van der Waals surface area contributed by atoms with Crippen LogP contribution < -0.4 is 20.5 Å². The number of nitrogens with two attached hydrogens (primary N) is 1. The minimum atomic E-state index is -2.97. The highest BCUT2D eigenvalue weighted by Gasteiger charge is 2.25. The lowest BCUT2D eigenvalue weighted by Crippen LogP contribution is -2.25. The smallest absolute Gasteiger partial charge is 0.387 e. The summed E-state index contributed by atoms with van der Waals surface area (Å²) in [5.41, 5.74) is 8.59. The molecule has 1 atom stereocenters. The van der Waals surface area contributed by atoms with E-state index in [1.165, 1.54) is 17.4 Å². The molecule has 0 aliphatic heterocycles. The zero-order chi connectivity index (χ0) is 25.2. The topological polar surface area (TPSA) is 99.6 Å². The van der Waals surface area contributed by atoms with Crippen molar-refractivity contribution in [1.29, 1.82) is 0 Å². The fraction of sp³-hybridized carbons (Fsp3) is 0.308. The van der Waals surface area contributed by atoms with Crippen LogP contribution in [0.15, 0.2) is 53.1 Å². The van der Waals surface area contributed by atoms with Gasteiger partial charge in [0.1, 0.15) is 16.3 Å². The van der Waals surface area contributed by atoms with E-state index in [4.69, 9.17) is 14.9 Å². The van der Waals surface area contributed by atoms with Crippen molar-refractivity contribution in [1.82, 2.24) is 10.3 Å². The molecular formula is C26H26ClF2N3O4S. The highest BCUT2D eigenvalue weighted by Crippen LogP contribution is 2.38. The van der Waals surface area contributed by atoms with Gasteiger partial charge in [0.05, 0.1) is 17.7 Å². The summed E-state index contributed by atoms with van der Waals surface area (Å²) in [6.45, 7) is -0.490. The standard InChI is InChI=1S/C26H25F2N3O4S.ClH/c1-14(29)23-22(24(32)30-11-17-13-34-19-5-3-2-4-18(17)19)31-25(36-23)16-8-9-20(35-26(27)28)21(10-16)33-12-15-6-7-15;/h2-5,8-10,13-15,26H,6-7,11-12,29H2,1H3,(H,30,32);1H/t14-;/m0./s1. The maximum absolute atomic E-state index is 13.1. The van der Waals surface area contributed by atoms with E-state index in [1.54, 1.807) is 25.3 Å². The first-order valence-corrected chi connectivity index (χ1v) is 12.4. The summed E-state index contributed by atoms with van der Waals surface area (Å²) in [6.07, 6.45) is 3.74. The lowest BCUT2D eigenvalue weighted by atomic mass is 10.1. The van der Waals surface area contributed by atoms with E-state index in [2.05, 4.69) is 15.0 Å². The van der Waals surface area contributed by atoms with E-state index in [1.807, 2.05) is 24.3 Å². The summed E-state index contributed by atoms with van der Waals surface area (Å²) in [6, 6.07) is 11.8. The SMILES string of the molecule is C[C@H](N)c1sc(-c2ccc(OC(F)F)c(OCC3CC3)c2)nc1C(=O)NCc1coc2ccccc12.Cl. The number of para-hydroxylation sites is 1. The molecule has 1 saturated carbocycles. The zero-order valence-electron chi connectivity index (χ0n) is 19.9. The van der Waals surface area contributed by atoms with E-state index in [-0.39, 0.29) is 42.1 Å². The summed E-state index contributed by atoms with van der Waals surface area (Å²) in [7, 11) is 0. The molecule has 3 N–H and O–H groups in total. The van der Waals surface area contributed by atoms with Gasteiger partial charge in [-0.25, -0.2) is 4.98 Å². The molecule has 2 aromatic carbocycles. The lowest BCUT2D eigenvalue weighted by molar-refractivity contribution is -0.0515. The lowest BCUT2D eigenvalue weighted by Gasteiger charge is -2.13. The van der Waals surface area contributed by atoms with Gasteiger partial charge >= 0.3 is 6.61 Å². The number of benzene rings is 2. The predicted molar refractivity (Wildman–Crippen MR) is 140 cm³/mol. The minimum absolute atomic E-state index is 0. The molecule has 0 saturated heterocycles. The Balaban J connectivity index is 0.00000320. The molecule has 1 aliphatic carbocycles. The van der Waals surface area contributed by atoms with Crippen LogP contribution in [-0.2, 0) is 6.54 Å². The van der Waals surface area contributed by atoms with Gasteiger partial charge in [0.25, 0.3) is 5.91 Å². The van der Waals surface area contributed by atoms with Gasteiger partial charge in [-0.2, -0.15) is 8.78 Å². The van der Waals surface area contributed by atoms with Crippen LogP contribution in [0.3, 0.4) is 0 Å². The van der Waals surface area contributed by atoms with Gasteiger partial charge in [-0.1, -0.05) is 18.2 Å². The van der Waals surface area contributed by atoms with E-state index in [9.17, 15) is 13.6 Å². The minimum Gasteiger partial charge on any atom is -0.489 e. The van der Waals surface area contributed by atoms with Gasteiger partial charge in [-0.05, 0) is 49.9 Å². The van der Waals surface area contributed by atoms with Crippen molar-refractivity contribution in [2.45, 2.75) is 39.0 Å². The second kappa shape index (κ2) is 11.5. The Labute approximate surface area is 222 Å². The molecule has 0 bridgehead atoms. The van der Waals surface area contributed by atoms with Crippen LogP contribution >= 0.6 is 23.7 Å². The number of furan rings is 1. The number of carbonyl (C=O) groups is 1. The molecule has 2 heterocycles. The molecule has 0 unspecified atom stereocenters. The molecule has 0 spiro atoms. The van der Waals surface area contributed by atoms with Crippen LogP contribution in [0.1, 0.15) is 46.7 Å². The average Bonchev–Trinajstić information content (AvgIpc) is 3.42. The van der Waals surface area contributed by atoms with E-state index in [0.29, 0.717) is 28.0 Å². The predicted octanol–water partition coefficient (Wildman–Crippen LogP) is 6.32. The molecule has 1 fully saturated rings. The molecule has 1 aliphatic rings. The summed E-state index contributed by atoms with van der Waals surface area (Å²) >= 11 is 1.28. The molecule has 11 heteroatoms. The Kier molecular flexibility index (Phi) is 8.31. The van der Waals surface area contributed by atoms with Crippen LogP contribution in [0.2, 0.25) is 0 Å². The van der Waals surface area contributed by atoms with Gasteiger partial charge < -0.3 is 24.9 Å². The summed E-state index contributed by atoms with van der Waals surface area (Å²) in [5, 5.41) is 4.35. The Morgan fingerprint density at radius 1 is 1.24 bits per heavy atom. The number of amides is 1. The molecule has 37 heavy (non-hydrogen) atoms. The van der Waals surface area contributed by atoms with Gasteiger partial charge in [0, 0.05) is 29.1 Å². The number of thiazole rings is 1. The largest absolute Gasteiger partial charge is 0.489 e. The number of nitrogens with one attached hydrogen (secondary N) is 1.